The van der Waals surface area contributed by atoms with Crippen LogP contribution in [-0.4, -0.2) is 59.3 Å². The fraction of sp³-hybridized carbons (Fsp3) is 0.450. The van der Waals surface area contributed by atoms with Gasteiger partial charge in [0.25, 0.3) is 0 Å². The topological polar surface area (TPSA) is 33.5 Å². The van der Waals surface area contributed by atoms with E-state index in [1.54, 1.807) is 31.4 Å². The van der Waals surface area contributed by atoms with E-state index in [9.17, 15) is 4.39 Å². The summed E-state index contributed by atoms with van der Waals surface area (Å²) in [5.74, 6) is -0.233. The maximum Gasteiger partial charge on any atom is 0.123 e. The lowest BCUT2D eigenvalue weighted by atomic mass is 9.69. The van der Waals surface area contributed by atoms with Crippen LogP contribution >= 0.6 is 12.1 Å². The standard InChI is InChI=1S/C20H25FN4OS/c1-23(2)27-24-9-8-16-10-19-15(11-20(16,13-24)14-26-3)12-22-25(19)18-6-4-17(21)5-7-18/h4-7,10,12H,8-9,11,13-14H2,1-3H3. The summed E-state index contributed by atoms with van der Waals surface area (Å²) in [5.41, 5.74) is 4.62. The van der Waals surface area contributed by atoms with Crippen LogP contribution in [0.25, 0.3) is 11.8 Å². The van der Waals surface area contributed by atoms with Crippen LogP contribution in [0.15, 0.2) is 36.0 Å². The second-order valence-corrected chi connectivity index (χ2v) is 8.92. The number of benzene rings is 1. The Bertz CT molecular complexity index is 848. The zero-order valence-corrected chi connectivity index (χ0v) is 16.8. The van der Waals surface area contributed by atoms with E-state index in [4.69, 9.17) is 4.74 Å². The van der Waals surface area contributed by atoms with Gasteiger partial charge >= 0.3 is 0 Å². The Kier molecular flexibility index (Phi) is 5.11. The van der Waals surface area contributed by atoms with Crippen molar-refractivity contribution in [3.8, 4) is 5.69 Å². The minimum Gasteiger partial charge on any atom is -0.384 e. The van der Waals surface area contributed by atoms with Crippen LogP contribution in [0.5, 0.6) is 0 Å². The molecule has 1 atom stereocenters. The molecule has 5 nitrogen and oxygen atoms in total. The van der Waals surface area contributed by atoms with E-state index in [1.807, 2.05) is 10.9 Å². The number of halogens is 1. The first-order valence-corrected chi connectivity index (χ1v) is 9.87. The first-order chi connectivity index (χ1) is 13.0. The average Bonchev–Trinajstić information content (AvgIpc) is 3.02. The molecule has 1 unspecified atom stereocenters. The molecule has 2 aliphatic rings. The molecule has 144 valence electrons. The monoisotopic (exact) mass is 388 g/mol. The Hall–Kier alpha value is -1.67. The zero-order valence-electron chi connectivity index (χ0n) is 16.0. The predicted molar refractivity (Wildman–Crippen MR) is 107 cm³/mol. The molecule has 0 spiro atoms. The average molecular weight is 389 g/mol. The van der Waals surface area contributed by atoms with Gasteiger partial charge in [-0.15, -0.1) is 0 Å². The van der Waals surface area contributed by atoms with E-state index in [0.717, 1.165) is 37.3 Å². The highest BCUT2D eigenvalue weighted by Gasteiger charge is 2.43. The maximum atomic E-state index is 13.3. The van der Waals surface area contributed by atoms with Gasteiger partial charge in [-0.2, -0.15) is 5.10 Å². The summed E-state index contributed by atoms with van der Waals surface area (Å²) in [7, 11) is 5.93. The number of hydrogen-bond acceptors (Lipinski definition) is 5. The second kappa shape index (κ2) is 7.39. The van der Waals surface area contributed by atoms with Crippen molar-refractivity contribution in [3.63, 3.8) is 0 Å². The quantitative estimate of drug-likeness (QED) is 0.733. The van der Waals surface area contributed by atoms with Gasteiger partial charge in [0, 0.05) is 37.7 Å². The van der Waals surface area contributed by atoms with Gasteiger partial charge < -0.3 is 4.74 Å². The SMILES string of the molecule is COCC12Cc3cnn(-c4ccc(F)cc4)c3C=C1CCN(SN(C)C)C2. The molecule has 4 rings (SSSR count). The minimum absolute atomic E-state index is 0.0142. The third kappa shape index (κ3) is 3.57. The van der Waals surface area contributed by atoms with Gasteiger partial charge in [0.2, 0.25) is 0 Å². The Morgan fingerprint density at radius 3 is 2.78 bits per heavy atom. The third-order valence-corrected chi connectivity index (χ3v) is 6.16. The number of methoxy groups -OCH3 is 1. The van der Waals surface area contributed by atoms with Crippen molar-refractivity contribution in [2.24, 2.45) is 5.41 Å². The van der Waals surface area contributed by atoms with Crippen molar-refractivity contribution in [2.45, 2.75) is 12.8 Å². The Balaban J connectivity index is 1.69. The summed E-state index contributed by atoms with van der Waals surface area (Å²) < 4.78 is 25.4. The lowest BCUT2D eigenvalue weighted by Crippen LogP contribution is -2.47. The Labute approximate surface area is 164 Å². The molecule has 0 bridgehead atoms. The van der Waals surface area contributed by atoms with Crippen molar-refractivity contribution < 1.29 is 9.13 Å². The fourth-order valence-electron chi connectivity index (χ4n) is 4.19. The van der Waals surface area contributed by atoms with Crippen molar-refractivity contribution in [1.29, 1.82) is 0 Å². The summed E-state index contributed by atoms with van der Waals surface area (Å²) in [5, 5.41) is 4.60. The summed E-state index contributed by atoms with van der Waals surface area (Å²) in [6.45, 7) is 2.67. The van der Waals surface area contributed by atoms with Crippen LogP contribution in [0.1, 0.15) is 17.7 Å². The van der Waals surface area contributed by atoms with E-state index < -0.39 is 0 Å². The van der Waals surface area contributed by atoms with Gasteiger partial charge in [-0.05, 0) is 62.8 Å². The summed E-state index contributed by atoms with van der Waals surface area (Å²) >= 11 is 1.77. The van der Waals surface area contributed by atoms with Crippen LogP contribution in [0.3, 0.4) is 0 Å². The van der Waals surface area contributed by atoms with Gasteiger partial charge in [0.05, 0.1) is 24.2 Å². The highest BCUT2D eigenvalue weighted by Crippen LogP contribution is 2.45. The van der Waals surface area contributed by atoms with Gasteiger partial charge in [0.15, 0.2) is 0 Å². The highest BCUT2D eigenvalue weighted by molar-refractivity contribution is 7.94. The van der Waals surface area contributed by atoms with Crippen LogP contribution in [0.2, 0.25) is 0 Å². The molecule has 1 fully saturated rings. The van der Waals surface area contributed by atoms with Crippen molar-refractivity contribution in [2.75, 3.05) is 40.9 Å². The molecule has 2 heterocycles. The molecule has 0 amide bonds. The lowest BCUT2D eigenvalue weighted by molar-refractivity contribution is 0.0752. The number of aromatic nitrogens is 2. The molecule has 1 aliphatic carbocycles. The van der Waals surface area contributed by atoms with Crippen molar-refractivity contribution in [1.82, 2.24) is 18.4 Å². The number of rotatable bonds is 5. The van der Waals surface area contributed by atoms with Crippen LogP contribution in [0.4, 0.5) is 4.39 Å². The molecule has 0 saturated carbocycles. The zero-order chi connectivity index (χ0) is 19.0. The van der Waals surface area contributed by atoms with E-state index in [0.29, 0.717) is 6.61 Å². The highest BCUT2D eigenvalue weighted by atomic mass is 32.2. The van der Waals surface area contributed by atoms with Gasteiger partial charge in [0.1, 0.15) is 5.82 Å². The van der Waals surface area contributed by atoms with Crippen LogP contribution < -0.4 is 0 Å². The molecular formula is C20H25FN4OS. The molecule has 0 radical (unpaired) electrons. The summed E-state index contributed by atoms with van der Waals surface area (Å²) in [4.78, 5) is 0. The lowest BCUT2D eigenvalue weighted by Gasteiger charge is -2.46. The van der Waals surface area contributed by atoms with Crippen LogP contribution in [-0.2, 0) is 11.2 Å². The van der Waals surface area contributed by atoms with E-state index in [2.05, 4.69) is 33.9 Å². The van der Waals surface area contributed by atoms with Crippen molar-refractivity contribution in [3.05, 3.63) is 53.1 Å². The first-order valence-electron chi connectivity index (χ1n) is 9.14. The summed E-state index contributed by atoms with van der Waals surface area (Å²) in [6, 6.07) is 6.50. The fourth-order valence-corrected chi connectivity index (χ4v) is 5.13. The smallest absolute Gasteiger partial charge is 0.123 e. The molecule has 1 saturated heterocycles. The second-order valence-electron chi connectivity index (χ2n) is 7.51. The predicted octanol–water partition coefficient (Wildman–Crippen LogP) is 3.41. The van der Waals surface area contributed by atoms with Crippen molar-refractivity contribution >= 4 is 18.2 Å². The number of fused-ring (bicyclic) bond motifs is 2. The van der Waals surface area contributed by atoms with E-state index >= 15 is 0 Å². The van der Waals surface area contributed by atoms with E-state index in [1.165, 1.54) is 23.3 Å². The molecule has 7 heteroatoms. The largest absolute Gasteiger partial charge is 0.384 e. The molecule has 0 N–H and O–H groups in total. The number of ether oxygens (including phenoxy) is 1. The maximum absolute atomic E-state index is 13.3. The normalized spacial score (nSPS) is 22.5. The first kappa shape index (κ1) is 18.7. The van der Waals surface area contributed by atoms with Gasteiger partial charge in [-0.1, -0.05) is 5.57 Å². The number of piperidine rings is 1. The molecular weight excluding hydrogens is 363 g/mol. The summed E-state index contributed by atoms with van der Waals surface area (Å²) in [6.07, 6.45) is 6.15. The van der Waals surface area contributed by atoms with Crippen LogP contribution in [0, 0.1) is 11.2 Å². The van der Waals surface area contributed by atoms with Gasteiger partial charge in [-0.3, -0.25) is 0 Å². The van der Waals surface area contributed by atoms with E-state index in [-0.39, 0.29) is 11.2 Å². The Morgan fingerprint density at radius 2 is 2.07 bits per heavy atom. The third-order valence-electron chi connectivity index (χ3n) is 5.29. The Morgan fingerprint density at radius 1 is 1.30 bits per heavy atom. The number of nitrogens with zero attached hydrogens (tertiary/aromatic N) is 4. The molecule has 1 aromatic heterocycles. The van der Waals surface area contributed by atoms with Gasteiger partial charge in [-0.25, -0.2) is 17.7 Å². The molecule has 27 heavy (non-hydrogen) atoms. The molecule has 1 aliphatic heterocycles. The molecule has 2 aromatic rings. The minimum atomic E-state index is -0.233. The number of hydrogen-bond donors (Lipinski definition) is 0. The molecule has 1 aromatic carbocycles.